The molecule has 32 heavy (non-hydrogen) atoms. The van der Waals surface area contributed by atoms with Crippen LogP contribution in [0.5, 0.6) is 0 Å². The Morgan fingerprint density at radius 3 is 2.38 bits per heavy atom. The van der Waals surface area contributed by atoms with Gasteiger partial charge in [0, 0.05) is 15.7 Å². The molecule has 0 spiro atoms. The Bertz CT molecular complexity index is 1210. The van der Waals surface area contributed by atoms with E-state index in [0.29, 0.717) is 33.8 Å². The molecule has 3 fully saturated rings. The van der Waals surface area contributed by atoms with E-state index >= 15 is 0 Å². The zero-order valence-electron chi connectivity index (χ0n) is 17.2. The summed E-state index contributed by atoms with van der Waals surface area (Å²) in [5.74, 6) is 0.365. The molecule has 1 saturated heterocycles. The van der Waals surface area contributed by atoms with Gasteiger partial charge in [-0.15, -0.1) is 0 Å². The monoisotopic (exact) mass is 510 g/mol. The van der Waals surface area contributed by atoms with Gasteiger partial charge in [0.05, 0.1) is 22.5 Å². The molecule has 1 N–H and O–H groups in total. The Kier molecular flexibility index (Phi) is 4.43. The van der Waals surface area contributed by atoms with Crippen LogP contribution in [0.2, 0.25) is 5.02 Å². The minimum Gasteiger partial charge on any atom is -0.322 e. The Morgan fingerprint density at radius 1 is 1.06 bits per heavy atom. The number of carbonyl (C=O) groups excluding carboxylic acids is 3. The summed E-state index contributed by atoms with van der Waals surface area (Å²) in [5, 5.41) is 3.41. The van der Waals surface area contributed by atoms with Gasteiger partial charge in [0.15, 0.2) is 0 Å². The number of imide groups is 1. The number of amides is 3. The summed E-state index contributed by atoms with van der Waals surface area (Å²) in [6.45, 7) is 1.83. The van der Waals surface area contributed by atoms with Crippen LogP contribution in [0.15, 0.2) is 53.0 Å². The van der Waals surface area contributed by atoms with Crippen molar-refractivity contribution in [2.45, 2.75) is 13.3 Å². The molecule has 7 rings (SSSR count). The Hall–Kier alpha value is -2.44. The van der Waals surface area contributed by atoms with Crippen molar-refractivity contribution in [3.8, 4) is 0 Å². The molecule has 2 aromatic carbocycles. The van der Waals surface area contributed by atoms with E-state index in [4.69, 9.17) is 11.6 Å². The molecule has 1 aliphatic heterocycles. The van der Waals surface area contributed by atoms with Crippen molar-refractivity contribution in [2.75, 3.05) is 10.2 Å². The first-order valence-electron chi connectivity index (χ1n) is 10.8. The summed E-state index contributed by atoms with van der Waals surface area (Å²) in [4.78, 5) is 40.9. The second-order valence-corrected chi connectivity index (χ2v) is 10.4. The lowest BCUT2D eigenvalue weighted by molar-refractivity contribution is -0.124. The molecule has 0 unspecified atom stereocenters. The normalized spacial score (nSPS) is 31.5. The average Bonchev–Trinajstić information content (AvgIpc) is 3.57. The maximum atomic E-state index is 13.3. The molecule has 5 aliphatic rings. The molecule has 1 heterocycles. The smallest absolute Gasteiger partial charge is 0.255 e. The highest BCUT2D eigenvalue weighted by Gasteiger charge is 2.67. The molecule has 3 amide bonds. The standard InChI is InChI=1S/C25H20BrClN2O3/c1-11-19(8-7-18(26)22(11)27)28-23(30)12-3-2-4-13(9-12)29-24(31)20-14-5-6-15(17-10-16(14)17)21(20)25(29)32/h2-9,14-17,20-21H,10H2,1H3,(H,28,30)/t14-,15-,16-,17-,20-,21+/m1/s1. The van der Waals surface area contributed by atoms with Gasteiger partial charge in [-0.2, -0.15) is 0 Å². The van der Waals surface area contributed by atoms with Crippen LogP contribution >= 0.6 is 27.5 Å². The van der Waals surface area contributed by atoms with E-state index in [2.05, 4.69) is 33.4 Å². The van der Waals surface area contributed by atoms with Crippen molar-refractivity contribution in [1.29, 1.82) is 0 Å². The third-order valence-electron chi connectivity index (χ3n) is 7.62. The van der Waals surface area contributed by atoms with Crippen molar-refractivity contribution < 1.29 is 14.4 Å². The maximum absolute atomic E-state index is 13.3. The number of halogens is 2. The number of hydrogen-bond donors (Lipinski definition) is 1. The van der Waals surface area contributed by atoms with Crippen LogP contribution in [0, 0.1) is 42.4 Å². The summed E-state index contributed by atoms with van der Waals surface area (Å²) in [5.41, 5.74) is 2.19. The molecular formula is C25H20BrClN2O3. The Balaban J connectivity index is 1.28. The number of carbonyl (C=O) groups is 3. The van der Waals surface area contributed by atoms with Gasteiger partial charge in [-0.3, -0.25) is 14.4 Å². The Labute approximate surface area is 198 Å². The lowest BCUT2D eigenvalue weighted by Crippen LogP contribution is -2.40. The number of benzene rings is 2. The van der Waals surface area contributed by atoms with Crippen LogP contribution in [0.3, 0.4) is 0 Å². The fourth-order valence-electron chi connectivity index (χ4n) is 5.98. The summed E-state index contributed by atoms with van der Waals surface area (Å²) < 4.78 is 0.755. The minimum absolute atomic E-state index is 0.127. The predicted molar refractivity (Wildman–Crippen MR) is 125 cm³/mol. The van der Waals surface area contributed by atoms with Gasteiger partial charge in [-0.1, -0.05) is 29.8 Å². The molecule has 6 atom stereocenters. The molecule has 0 aromatic heterocycles. The van der Waals surface area contributed by atoms with Crippen molar-refractivity contribution in [2.24, 2.45) is 35.5 Å². The molecular weight excluding hydrogens is 492 g/mol. The van der Waals surface area contributed by atoms with Crippen molar-refractivity contribution >= 4 is 56.6 Å². The first-order chi connectivity index (χ1) is 15.4. The molecule has 162 valence electrons. The maximum Gasteiger partial charge on any atom is 0.255 e. The van der Waals surface area contributed by atoms with Crippen molar-refractivity contribution in [3.05, 3.63) is 69.2 Å². The van der Waals surface area contributed by atoms with Gasteiger partial charge in [0.1, 0.15) is 0 Å². The summed E-state index contributed by atoms with van der Waals surface area (Å²) in [6, 6.07) is 10.3. The summed E-state index contributed by atoms with van der Waals surface area (Å²) in [6.07, 6.45) is 5.44. The van der Waals surface area contributed by atoms with Crippen molar-refractivity contribution in [3.63, 3.8) is 0 Å². The third kappa shape index (κ3) is 2.78. The van der Waals surface area contributed by atoms with Crippen LogP contribution in [-0.4, -0.2) is 17.7 Å². The van der Waals surface area contributed by atoms with Gasteiger partial charge < -0.3 is 5.32 Å². The lowest BCUT2D eigenvalue weighted by atomic mass is 9.63. The molecule has 7 heteroatoms. The van der Waals surface area contributed by atoms with E-state index in [-0.39, 0.29) is 41.4 Å². The Morgan fingerprint density at radius 2 is 1.72 bits per heavy atom. The highest BCUT2D eigenvalue weighted by molar-refractivity contribution is 9.10. The minimum atomic E-state index is -0.326. The van der Waals surface area contributed by atoms with Crippen molar-refractivity contribution in [1.82, 2.24) is 0 Å². The number of rotatable bonds is 3. The second-order valence-electron chi connectivity index (χ2n) is 9.20. The van der Waals surface area contributed by atoms with E-state index in [1.807, 2.05) is 6.92 Å². The van der Waals surface area contributed by atoms with E-state index < -0.39 is 0 Å². The van der Waals surface area contributed by atoms with E-state index in [9.17, 15) is 14.4 Å². The van der Waals surface area contributed by atoms with Crippen LogP contribution in [0.25, 0.3) is 0 Å². The quantitative estimate of drug-likeness (QED) is 0.454. The molecule has 2 bridgehead atoms. The molecule has 2 saturated carbocycles. The first kappa shape index (κ1) is 20.2. The van der Waals surface area contributed by atoms with Gasteiger partial charge in [0.25, 0.3) is 5.91 Å². The predicted octanol–water partition coefficient (Wildman–Crippen LogP) is 5.22. The van der Waals surface area contributed by atoms with Gasteiger partial charge in [-0.25, -0.2) is 4.90 Å². The van der Waals surface area contributed by atoms with Gasteiger partial charge in [-0.05, 0) is 88.8 Å². The molecule has 2 aromatic rings. The SMILES string of the molecule is Cc1c(NC(=O)c2cccc(N3C(=O)[C@@H]4[C@@H]5C=C[C@H]([C@H]6C[C@H]56)[C@@H]4C3=O)c2)ccc(Br)c1Cl. The number of hydrogen-bond acceptors (Lipinski definition) is 3. The number of anilines is 2. The molecule has 4 aliphatic carbocycles. The van der Waals surface area contributed by atoms with Crippen LogP contribution < -0.4 is 10.2 Å². The van der Waals surface area contributed by atoms with Crippen LogP contribution in [0.1, 0.15) is 22.3 Å². The van der Waals surface area contributed by atoms with Gasteiger partial charge in [0.2, 0.25) is 11.8 Å². The summed E-state index contributed by atoms with van der Waals surface area (Å²) >= 11 is 9.65. The average molecular weight is 512 g/mol. The summed E-state index contributed by atoms with van der Waals surface area (Å²) in [7, 11) is 0. The highest BCUT2D eigenvalue weighted by Crippen LogP contribution is 2.65. The largest absolute Gasteiger partial charge is 0.322 e. The van der Waals surface area contributed by atoms with Crippen LogP contribution in [0.4, 0.5) is 11.4 Å². The topological polar surface area (TPSA) is 66.5 Å². The fourth-order valence-corrected chi connectivity index (χ4v) is 6.57. The van der Waals surface area contributed by atoms with Gasteiger partial charge >= 0.3 is 0 Å². The zero-order chi connectivity index (χ0) is 22.3. The number of nitrogens with one attached hydrogen (secondary N) is 1. The third-order valence-corrected chi connectivity index (χ3v) is 8.99. The molecule has 0 radical (unpaired) electrons. The van der Waals surface area contributed by atoms with Crippen LogP contribution in [-0.2, 0) is 9.59 Å². The zero-order valence-corrected chi connectivity index (χ0v) is 19.6. The first-order valence-corrected chi connectivity index (χ1v) is 12.0. The van der Waals surface area contributed by atoms with E-state index in [0.717, 1.165) is 16.5 Å². The highest BCUT2D eigenvalue weighted by atomic mass is 79.9. The van der Waals surface area contributed by atoms with E-state index in [1.165, 1.54) is 4.90 Å². The second kappa shape index (κ2) is 7.03. The van der Waals surface area contributed by atoms with E-state index in [1.54, 1.807) is 36.4 Å². The lowest BCUT2D eigenvalue weighted by Gasteiger charge is -2.37. The fraction of sp³-hybridized carbons (Fsp3) is 0.320. The molecule has 5 nitrogen and oxygen atoms in total. The number of nitrogens with zero attached hydrogens (tertiary/aromatic N) is 1. The number of allylic oxidation sites excluding steroid dienone is 2.